The molecule has 5 heteroatoms. The summed E-state index contributed by atoms with van der Waals surface area (Å²) in [6.07, 6.45) is 3.71. The second-order valence-electron chi connectivity index (χ2n) is 4.40. The zero-order valence-corrected chi connectivity index (χ0v) is 12.3. The predicted octanol–water partition coefficient (Wildman–Crippen LogP) is 2.88. The lowest BCUT2D eigenvalue weighted by atomic mass is 10.2. The van der Waals surface area contributed by atoms with E-state index in [2.05, 4.69) is 28.7 Å². The number of oxazole rings is 1. The molecule has 0 saturated carbocycles. The van der Waals surface area contributed by atoms with Crippen LogP contribution >= 0.6 is 11.3 Å². The average Bonchev–Trinajstić information content (AvgIpc) is 3.02. The Bertz CT molecular complexity index is 493. The minimum Gasteiger partial charge on any atom is -0.440 e. The molecular weight excluding hydrogens is 260 g/mol. The van der Waals surface area contributed by atoms with E-state index in [0.29, 0.717) is 0 Å². The van der Waals surface area contributed by atoms with Gasteiger partial charge in [-0.25, -0.2) is 4.98 Å². The molecule has 0 radical (unpaired) electrons. The minimum absolute atomic E-state index is 0.751. The van der Waals surface area contributed by atoms with Crippen LogP contribution in [0.1, 0.15) is 17.9 Å². The SMILES string of the molecule is COCCNCCCc1ncc(-c2sccc2C)o1. The van der Waals surface area contributed by atoms with E-state index < -0.39 is 0 Å². The summed E-state index contributed by atoms with van der Waals surface area (Å²) in [4.78, 5) is 5.51. The molecule has 0 spiro atoms. The second kappa shape index (κ2) is 7.43. The number of ether oxygens (including phenoxy) is 1. The maximum atomic E-state index is 5.78. The molecule has 104 valence electrons. The molecule has 0 amide bonds. The Kier molecular flexibility index (Phi) is 5.57. The van der Waals surface area contributed by atoms with E-state index in [4.69, 9.17) is 9.15 Å². The van der Waals surface area contributed by atoms with Crippen molar-refractivity contribution in [2.45, 2.75) is 19.8 Å². The first-order valence-electron chi connectivity index (χ1n) is 6.50. The molecule has 0 saturated heterocycles. The van der Waals surface area contributed by atoms with Gasteiger partial charge in [0.2, 0.25) is 0 Å². The monoisotopic (exact) mass is 280 g/mol. The third kappa shape index (κ3) is 4.16. The summed E-state index contributed by atoms with van der Waals surface area (Å²) in [6.45, 7) is 4.69. The molecule has 2 heterocycles. The Morgan fingerprint density at radius 1 is 1.42 bits per heavy atom. The van der Waals surface area contributed by atoms with Crippen molar-refractivity contribution in [3.8, 4) is 10.6 Å². The first-order chi connectivity index (χ1) is 9.31. The van der Waals surface area contributed by atoms with E-state index in [-0.39, 0.29) is 0 Å². The van der Waals surface area contributed by atoms with Gasteiger partial charge in [-0.1, -0.05) is 0 Å². The molecule has 0 aromatic carbocycles. The fraction of sp³-hybridized carbons (Fsp3) is 0.500. The summed E-state index contributed by atoms with van der Waals surface area (Å²) >= 11 is 1.69. The fourth-order valence-corrected chi connectivity index (χ4v) is 2.69. The number of nitrogens with one attached hydrogen (secondary N) is 1. The van der Waals surface area contributed by atoms with Gasteiger partial charge in [0.25, 0.3) is 0 Å². The Morgan fingerprint density at radius 2 is 2.32 bits per heavy atom. The van der Waals surface area contributed by atoms with Gasteiger partial charge < -0.3 is 14.5 Å². The minimum atomic E-state index is 0.751. The van der Waals surface area contributed by atoms with Gasteiger partial charge in [-0.15, -0.1) is 11.3 Å². The first-order valence-corrected chi connectivity index (χ1v) is 7.38. The highest BCUT2D eigenvalue weighted by Gasteiger charge is 2.09. The Hall–Kier alpha value is -1.17. The number of aromatic nitrogens is 1. The van der Waals surface area contributed by atoms with Gasteiger partial charge in [-0.05, 0) is 36.9 Å². The Morgan fingerprint density at radius 3 is 3.05 bits per heavy atom. The van der Waals surface area contributed by atoms with Crippen LogP contribution in [0.2, 0.25) is 0 Å². The molecule has 0 aliphatic carbocycles. The van der Waals surface area contributed by atoms with Gasteiger partial charge >= 0.3 is 0 Å². The van der Waals surface area contributed by atoms with Crippen molar-refractivity contribution in [1.29, 1.82) is 0 Å². The van der Waals surface area contributed by atoms with E-state index in [1.165, 1.54) is 10.4 Å². The molecule has 0 aliphatic rings. The van der Waals surface area contributed by atoms with E-state index >= 15 is 0 Å². The molecule has 19 heavy (non-hydrogen) atoms. The quantitative estimate of drug-likeness (QED) is 0.755. The molecule has 0 bridgehead atoms. The van der Waals surface area contributed by atoms with Crippen LogP contribution in [-0.4, -0.2) is 31.8 Å². The van der Waals surface area contributed by atoms with E-state index in [1.54, 1.807) is 18.4 Å². The molecule has 2 aromatic rings. The third-order valence-corrected chi connectivity index (χ3v) is 3.90. The second-order valence-corrected chi connectivity index (χ2v) is 5.31. The van der Waals surface area contributed by atoms with Crippen LogP contribution in [0.4, 0.5) is 0 Å². The zero-order valence-electron chi connectivity index (χ0n) is 11.4. The smallest absolute Gasteiger partial charge is 0.194 e. The number of hydrogen-bond donors (Lipinski definition) is 1. The summed E-state index contributed by atoms with van der Waals surface area (Å²) in [5.74, 6) is 1.70. The largest absolute Gasteiger partial charge is 0.440 e. The van der Waals surface area contributed by atoms with Crippen molar-refractivity contribution in [1.82, 2.24) is 10.3 Å². The lowest BCUT2D eigenvalue weighted by molar-refractivity contribution is 0.199. The van der Waals surface area contributed by atoms with E-state index in [1.807, 2.05) is 6.20 Å². The molecule has 0 aliphatic heterocycles. The predicted molar refractivity (Wildman–Crippen MR) is 77.6 cm³/mol. The van der Waals surface area contributed by atoms with Gasteiger partial charge in [0, 0.05) is 20.1 Å². The molecule has 2 aromatic heterocycles. The fourth-order valence-electron chi connectivity index (χ4n) is 1.82. The normalized spacial score (nSPS) is 11.1. The number of methoxy groups -OCH3 is 1. The summed E-state index contributed by atoms with van der Waals surface area (Å²) < 4.78 is 10.8. The van der Waals surface area contributed by atoms with Crippen LogP contribution in [0.5, 0.6) is 0 Å². The van der Waals surface area contributed by atoms with Crippen LogP contribution in [0.25, 0.3) is 10.6 Å². The Labute approximate surface area is 117 Å². The molecule has 0 unspecified atom stereocenters. The number of hydrogen-bond acceptors (Lipinski definition) is 5. The molecule has 0 fully saturated rings. The summed E-state index contributed by atoms with van der Waals surface area (Å²) in [7, 11) is 1.71. The molecule has 4 nitrogen and oxygen atoms in total. The summed E-state index contributed by atoms with van der Waals surface area (Å²) in [5.41, 5.74) is 1.24. The van der Waals surface area contributed by atoms with Crippen LogP contribution in [0.3, 0.4) is 0 Å². The van der Waals surface area contributed by atoms with Gasteiger partial charge in [-0.2, -0.15) is 0 Å². The first kappa shape index (κ1) is 14.2. The van der Waals surface area contributed by atoms with Gasteiger partial charge in [0.1, 0.15) is 0 Å². The number of aryl methyl sites for hydroxylation is 2. The van der Waals surface area contributed by atoms with Crippen molar-refractivity contribution >= 4 is 11.3 Å². The van der Waals surface area contributed by atoms with E-state index in [9.17, 15) is 0 Å². The molecule has 1 N–H and O–H groups in total. The van der Waals surface area contributed by atoms with Crippen molar-refractivity contribution < 1.29 is 9.15 Å². The van der Waals surface area contributed by atoms with Crippen LogP contribution in [-0.2, 0) is 11.2 Å². The summed E-state index contributed by atoms with van der Waals surface area (Å²) in [6, 6.07) is 2.10. The highest BCUT2D eigenvalue weighted by Crippen LogP contribution is 2.29. The summed E-state index contributed by atoms with van der Waals surface area (Å²) in [5, 5.41) is 5.38. The number of rotatable bonds is 8. The lowest BCUT2D eigenvalue weighted by Crippen LogP contribution is -2.20. The standard InChI is InChI=1S/C14H20N2O2S/c1-11-5-9-19-14(11)12-10-16-13(18-12)4-3-6-15-7-8-17-2/h5,9-10,15H,3-4,6-8H2,1-2H3. The van der Waals surface area contributed by atoms with Crippen molar-refractivity contribution in [2.75, 3.05) is 26.8 Å². The van der Waals surface area contributed by atoms with Gasteiger partial charge in [0.15, 0.2) is 11.7 Å². The highest BCUT2D eigenvalue weighted by atomic mass is 32.1. The third-order valence-electron chi connectivity index (χ3n) is 2.87. The van der Waals surface area contributed by atoms with Crippen LogP contribution in [0.15, 0.2) is 22.1 Å². The lowest BCUT2D eigenvalue weighted by Gasteiger charge is -2.01. The molecule has 0 atom stereocenters. The maximum Gasteiger partial charge on any atom is 0.194 e. The molecular formula is C14H20N2O2S. The van der Waals surface area contributed by atoms with E-state index in [0.717, 1.165) is 44.2 Å². The number of thiophene rings is 1. The maximum absolute atomic E-state index is 5.78. The van der Waals surface area contributed by atoms with Crippen LogP contribution in [0, 0.1) is 6.92 Å². The van der Waals surface area contributed by atoms with Crippen molar-refractivity contribution in [2.24, 2.45) is 0 Å². The van der Waals surface area contributed by atoms with Gasteiger partial charge in [-0.3, -0.25) is 0 Å². The van der Waals surface area contributed by atoms with Crippen molar-refractivity contribution in [3.05, 3.63) is 29.1 Å². The average molecular weight is 280 g/mol. The molecule has 2 rings (SSSR count). The highest BCUT2D eigenvalue weighted by molar-refractivity contribution is 7.13. The van der Waals surface area contributed by atoms with Gasteiger partial charge in [0.05, 0.1) is 17.7 Å². The zero-order chi connectivity index (χ0) is 13.5. The topological polar surface area (TPSA) is 47.3 Å². The number of nitrogens with zero attached hydrogens (tertiary/aromatic N) is 1. The van der Waals surface area contributed by atoms with Crippen molar-refractivity contribution in [3.63, 3.8) is 0 Å². The Balaban J connectivity index is 1.77. The van der Waals surface area contributed by atoms with Crippen LogP contribution < -0.4 is 5.32 Å².